The van der Waals surface area contributed by atoms with Crippen LogP contribution in [-0.4, -0.2) is 19.5 Å². The molecule has 1 aliphatic carbocycles. The van der Waals surface area contributed by atoms with Gasteiger partial charge in [0, 0.05) is 43.8 Å². The lowest BCUT2D eigenvalue weighted by Crippen LogP contribution is -2.14. The van der Waals surface area contributed by atoms with Crippen molar-refractivity contribution < 1.29 is 11.3 Å². The van der Waals surface area contributed by atoms with Crippen LogP contribution in [0, 0.1) is 0 Å². The maximum Gasteiger partial charge on any atom is 0.167 e. The molecule has 12 aromatic rings. The molecule has 0 atom stereocenters. The van der Waals surface area contributed by atoms with Gasteiger partial charge in [-0.2, -0.15) is 0 Å². The summed E-state index contributed by atoms with van der Waals surface area (Å²) in [6.07, 6.45) is 0. The highest BCUT2D eigenvalue weighted by Crippen LogP contribution is 2.50. The number of para-hydroxylation sites is 2. The van der Waals surface area contributed by atoms with Crippen molar-refractivity contribution in [3.63, 3.8) is 0 Å². The molecule has 1 aliphatic rings. The summed E-state index contributed by atoms with van der Waals surface area (Å²) in [6, 6.07) is 58.3. The Labute approximate surface area is 383 Å². The van der Waals surface area contributed by atoms with Gasteiger partial charge in [0.15, 0.2) is 17.5 Å². The van der Waals surface area contributed by atoms with Crippen molar-refractivity contribution in [2.24, 2.45) is 0 Å². The maximum atomic E-state index is 9.09. The Morgan fingerprint density at radius 1 is 0.431 bits per heavy atom. The zero-order chi connectivity index (χ0) is 47.6. The molecule has 0 amide bonds. The van der Waals surface area contributed by atoms with Crippen molar-refractivity contribution in [3.05, 3.63) is 217 Å². The van der Waals surface area contributed by atoms with Crippen molar-refractivity contribution in [1.29, 1.82) is 0 Å². The highest BCUT2D eigenvalue weighted by atomic mass is 16.3. The van der Waals surface area contributed by atoms with Gasteiger partial charge in [-0.1, -0.05) is 171 Å². The molecule has 13 rings (SSSR count). The lowest BCUT2D eigenvalue weighted by molar-refractivity contribution is 0.660. The van der Waals surface area contributed by atoms with Gasteiger partial charge in [0.05, 0.1) is 23.5 Å². The van der Waals surface area contributed by atoms with Gasteiger partial charge in [-0.15, -0.1) is 0 Å². The second-order valence-corrected chi connectivity index (χ2v) is 17.2. The number of nitrogens with zero attached hydrogens (tertiary/aromatic N) is 4. The SMILES string of the molecule is [2H]c1c([2H])c([2H])c(-c2nc(-c3ccc4c(c3)-c3ccccc3C4(C)C)nc(-c3cc(-n4c5ccccc5c5ccccc54)cc4c3oc3cc(-c5cccc(-c6ccccc6)c5)ccc34)n2)c([2H])c1[2H]. The summed E-state index contributed by atoms with van der Waals surface area (Å²) >= 11 is 0. The van der Waals surface area contributed by atoms with E-state index in [0.717, 1.165) is 71.6 Å². The quantitative estimate of drug-likeness (QED) is 0.167. The Balaban J connectivity index is 1.09. The Hall–Kier alpha value is -8.41. The largest absolute Gasteiger partial charge is 0.455 e. The van der Waals surface area contributed by atoms with Gasteiger partial charge in [0.1, 0.15) is 11.2 Å². The van der Waals surface area contributed by atoms with Crippen LogP contribution >= 0.6 is 0 Å². The highest BCUT2D eigenvalue weighted by Gasteiger charge is 2.35. The molecule has 0 saturated carbocycles. The van der Waals surface area contributed by atoms with E-state index < -0.39 is 30.2 Å². The van der Waals surface area contributed by atoms with Gasteiger partial charge in [-0.05, 0) is 93.0 Å². The predicted molar refractivity (Wildman–Crippen MR) is 266 cm³/mol. The van der Waals surface area contributed by atoms with Crippen LogP contribution in [0.25, 0.3) is 117 Å². The summed E-state index contributed by atoms with van der Waals surface area (Å²) in [5, 5.41) is 3.93. The van der Waals surface area contributed by atoms with E-state index in [1.165, 1.54) is 11.1 Å². The number of rotatable bonds is 6. The van der Waals surface area contributed by atoms with E-state index in [9.17, 15) is 0 Å². The van der Waals surface area contributed by atoms with Crippen molar-refractivity contribution in [1.82, 2.24) is 19.5 Å². The van der Waals surface area contributed by atoms with E-state index >= 15 is 0 Å². The van der Waals surface area contributed by atoms with Crippen LogP contribution < -0.4 is 0 Å². The number of benzene rings is 9. The molecule has 0 unspecified atom stereocenters. The molecule has 306 valence electrons. The van der Waals surface area contributed by atoms with Gasteiger partial charge in [-0.25, -0.2) is 15.0 Å². The van der Waals surface area contributed by atoms with E-state index in [2.05, 4.69) is 146 Å². The number of hydrogen-bond donors (Lipinski definition) is 0. The Morgan fingerprint density at radius 2 is 1.05 bits per heavy atom. The predicted octanol–water partition coefficient (Wildman–Crippen LogP) is 15.5. The van der Waals surface area contributed by atoms with E-state index in [1.807, 2.05) is 48.5 Å². The fourth-order valence-corrected chi connectivity index (χ4v) is 10.0. The van der Waals surface area contributed by atoms with Crippen molar-refractivity contribution in [3.8, 4) is 73.2 Å². The lowest BCUT2D eigenvalue weighted by atomic mass is 9.82. The molecule has 3 aromatic heterocycles. The molecule has 0 spiro atoms. The molecular formula is C60H40N4O. The van der Waals surface area contributed by atoms with Gasteiger partial charge >= 0.3 is 0 Å². The second kappa shape index (κ2) is 14.3. The van der Waals surface area contributed by atoms with Crippen LogP contribution in [0.5, 0.6) is 0 Å². The van der Waals surface area contributed by atoms with E-state index in [1.54, 1.807) is 0 Å². The minimum absolute atomic E-state index is 0.0506. The molecule has 0 fully saturated rings. The third kappa shape index (κ3) is 5.89. The number of furan rings is 1. The fourth-order valence-electron chi connectivity index (χ4n) is 10.0. The fraction of sp³-hybridized carbons (Fsp3) is 0.0500. The van der Waals surface area contributed by atoms with Crippen LogP contribution in [-0.2, 0) is 5.41 Å². The highest BCUT2D eigenvalue weighted by molar-refractivity contribution is 6.13. The smallest absolute Gasteiger partial charge is 0.167 e. The van der Waals surface area contributed by atoms with E-state index in [4.69, 9.17) is 26.2 Å². The molecule has 5 nitrogen and oxygen atoms in total. The molecule has 65 heavy (non-hydrogen) atoms. The van der Waals surface area contributed by atoms with Gasteiger partial charge in [-0.3, -0.25) is 0 Å². The minimum atomic E-state index is -0.498. The maximum absolute atomic E-state index is 9.09. The summed E-state index contributed by atoms with van der Waals surface area (Å²) in [5.41, 5.74) is 13.8. The molecule has 5 heteroatoms. The molecule has 0 N–H and O–H groups in total. The number of aromatic nitrogens is 4. The lowest BCUT2D eigenvalue weighted by Gasteiger charge is -2.21. The standard InChI is InChI=1S/C60H40N4O/c1-60(2)51-25-12-9-22-44(51)48-33-42(29-31-52(48)60)58-61-57(38-18-7-4-8-19-38)62-59(63-58)50-36-43(64-53-26-13-10-23-45(53)46-24-11-14-27-54(46)64)35-49-47-30-28-41(34-55(47)65-56(49)50)40-21-15-20-39(32-40)37-16-5-3-6-17-37/h3-36H,1-2H3/i4D,7D,8D,18D,19D. The summed E-state index contributed by atoms with van der Waals surface area (Å²) in [7, 11) is 0. The monoisotopic (exact) mass is 837 g/mol. The molecule has 0 bridgehead atoms. The molecule has 0 aliphatic heterocycles. The van der Waals surface area contributed by atoms with Gasteiger partial charge in [0.25, 0.3) is 0 Å². The average Bonchev–Trinajstić information content (AvgIpc) is 4.02. The zero-order valence-electron chi connectivity index (χ0n) is 40.4. The molecule has 3 heterocycles. The third-order valence-electron chi connectivity index (χ3n) is 13.1. The van der Waals surface area contributed by atoms with Crippen LogP contribution in [0.15, 0.2) is 211 Å². The topological polar surface area (TPSA) is 56.7 Å². The van der Waals surface area contributed by atoms with Gasteiger partial charge < -0.3 is 8.98 Å². The molecular weight excluding hydrogens is 793 g/mol. The summed E-state index contributed by atoms with van der Waals surface area (Å²) in [6.45, 7) is 4.45. The van der Waals surface area contributed by atoms with Crippen molar-refractivity contribution >= 4 is 43.7 Å². The third-order valence-corrected chi connectivity index (χ3v) is 13.1. The van der Waals surface area contributed by atoms with E-state index in [0.29, 0.717) is 22.3 Å². The minimum Gasteiger partial charge on any atom is -0.455 e. The Bertz CT molecular complexity index is 4090. The molecule has 9 aromatic carbocycles. The van der Waals surface area contributed by atoms with Crippen molar-refractivity contribution in [2.75, 3.05) is 0 Å². The first-order valence-electron chi connectivity index (χ1n) is 24.3. The Morgan fingerprint density at radius 3 is 1.83 bits per heavy atom. The van der Waals surface area contributed by atoms with Crippen LogP contribution in [0.2, 0.25) is 0 Å². The number of fused-ring (bicyclic) bond motifs is 9. The van der Waals surface area contributed by atoms with E-state index in [-0.39, 0.29) is 28.5 Å². The molecule has 0 saturated heterocycles. The first-order chi connectivity index (χ1) is 34.0. The summed E-state index contributed by atoms with van der Waals surface area (Å²) < 4.78 is 53.2. The van der Waals surface area contributed by atoms with Crippen LogP contribution in [0.4, 0.5) is 0 Å². The summed E-state index contributed by atoms with van der Waals surface area (Å²) in [5.74, 6) is 0.449. The first kappa shape index (κ1) is 32.3. The van der Waals surface area contributed by atoms with Crippen molar-refractivity contribution in [2.45, 2.75) is 19.3 Å². The van der Waals surface area contributed by atoms with Gasteiger partial charge in [0.2, 0.25) is 0 Å². The average molecular weight is 838 g/mol. The van der Waals surface area contributed by atoms with Crippen LogP contribution in [0.1, 0.15) is 31.8 Å². The second-order valence-electron chi connectivity index (χ2n) is 17.2. The van der Waals surface area contributed by atoms with Crippen LogP contribution in [0.3, 0.4) is 0 Å². The summed E-state index contributed by atoms with van der Waals surface area (Å²) in [4.78, 5) is 15.3. The Kier molecular flexibility index (Phi) is 7.11. The molecule has 0 radical (unpaired) electrons. The number of hydrogen-bond acceptors (Lipinski definition) is 4. The first-order valence-corrected chi connectivity index (χ1v) is 21.8. The zero-order valence-corrected chi connectivity index (χ0v) is 35.4. The normalized spacial score (nSPS) is 14.0.